The highest BCUT2D eigenvalue weighted by Gasteiger charge is 2.72. The molecular weight excluding hydrogens is 728 g/mol. The summed E-state index contributed by atoms with van der Waals surface area (Å²) in [5.74, 6) is 0.173. The SMILES string of the molecule is CC1=CC[C@]2(C(=O)O)CC[C@]3(C)[C@H](CC[C@@H]4[C@@]5(C)C[C@@H](O)[C@H](O[C@@H]6O[C@H](CO)[C@@H](O)[C@H](O)[C@H]6O[C@@H]6O[C@H](CO)[C@H](O)[C@H](O)[C@H]6O)C(C)(C)[C@@H]5CC[C@]43C)[C@H]2[C@@H]1C. The van der Waals surface area contributed by atoms with Crippen LogP contribution in [0.25, 0.3) is 0 Å². The van der Waals surface area contributed by atoms with Gasteiger partial charge in [0.15, 0.2) is 12.6 Å². The van der Waals surface area contributed by atoms with E-state index in [1.165, 1.54) is 5.57 Å². The van der Waals surface area contributed by atoms with E-state index >= 15 is 0 Å². The van der Waals surface area contributed by atoms with Gasteiger partial charge >= 0.3 is 5.97 Å². The molecule has 14 heteroatoms. The number of aliphatic hydroxyl groups is 8. The molecule has 0 bridgehead atoms. The first-order valence-electron chi connectivity index (χ1n) is 21.0. The van der Waals surface area contributed by atoms with E-state index in [2.05, 4.69) is 54.5 Å². The molecule has 21 atom stereocenters. The van der Waals surface area contributed by atoms with Crippen molar-refractivity contribution in [3.8, 4) is 0 Å². The summed E-state index contributed by atoms with van der Waals surface area (Å²) in [6.07, 6.45) is -9.32. The Labute approximate surface area is 330 Å². The minimum Gasteiger partial charge on any atom is -0.481 e. The zero-order valence-electron chi connectivity index (χ0n) is 34.0. The summed E-state index contributed by atoms with van der Waals surface area (Å²) in [4.78, 5) is 13.1. The number of carbonyl (C=O) groups is 1. The molecule has 2 saturated heterocycles. The van der Waals surface area contributed by atoms with Gasteiger partial charge in [-0.2, -0.15) is 0 Å². The van der Waals surface area contributed by atoms with Crippen LogP contribution in [0, 0.1) is 56.7 Å². The molecule has 0 radical (unpaired) electrons. The molecule has 7 aliphatic rings. The third kappa shape index (κ3) is 6.05. The Bertz CT molecular complexity index is 1500. The van der Waals surface area contributed by atoms with E-state index in [9.17, 15) is 50.8 Å². The summed E-state index contributed by atoms with van der Waals surface area (Å²) in [5.41, 5.74) is -0.619. The summed E-state index contributed by atoms with van der Waals surface area (Å²) < 4.78 is 24.2. The lowest BCUT2D eigenvalue weighted by molar-refractivity contribution is -0.383. The highest BCUT2D eigenvalue weighted by molar-refractivity contribution is 5.76. The second-order valence-electron chi connectivity index (χ2n) is 20.3. The van der Waals surface area contributed by atoms with Gasteiger partial charge in [-0.25, -0.2) is 0 Å². The Hall–Kier alpha value is -1.27. The van der Waals surface area contributed by atoms with Gasteiger partial charge in [-0.1, -0.05) is 53.2 Å². The molecule has 7 rings (SSSR count). The Morgan fingerprint density at radius 3 is 2.02 bits per heavy atom. The lowest BCUT2D eigenvalue weighted by Crippen LogP contribution is -2.70. The molecule has 14 nitrogen and oxygen atoms in total. The molecule has 0 aromatic heterocycles. The van der Waals surface area contributed by atoms with E-state index < -0.39 is 104 Å². The zero-order valence-corrected chi connectivity index (χ0v) is 34.0. The number of carboxylic acids is 1. The van der Waals surface area contributed by atoms with Crippen molar-refractivity contribution in [1.82, 2.24) is 0 Å². The predicted octanol–water partition coefficient (Wildman–Crippen LogP) is 1.71. The summed E-state index contributed by atoms with van der Waals surface area (Å²) in [5, 5.41) is 96.4. The van der Waals surface area contributed by atoms with Crippen LogP contribution in [0.4, 0.5) is 0 Å². The monoisotopic (exact) mass is 796 g/mol. The van der Waals surface area contributed by atoms with Crippen LogP contribution in [0.1, 0.15) is 99.8 Å². The third-order valence-corrected chi connectivity index (χ3v) is 17.7. The number of rotatable bonds is 7. The molecule has 56 heavy (non-hydrogen) atoms. The highest BCUT2D eigenvalue weighted by atomic mass is 16.8. The van der Waals surface area contributed by atoms with Crippen LogP contribution in [0.15, 0.2) is 11.6 Å². The standard InChI is InChI=1S/C42H68O14/c1-19-10-13-42(37(51)52)15-14-40(6)21(27(42)20(19)2)8-9-26-39(5)16-22(45)34(38(3,4)25(39)11-12-41(26,40)7)56-36-33(31(49)29(47)24(18-44)54-36)55-35-32(50)30(48)28(46)23(17-43)53-35/h10,20-36,43-50H,8-9,11-18H2,1-7H3,(H,51,52)/t20-,21-,22-,23-,24-,25+,26-,27-,28+,29-,30+,31+,32-,33-,34+,35+,36+,39+,40-,41-,42+/m1/s1. The first-order valence-corrected chi connectivity index (χ1v) is 21.0. The molecule has 6 fully saturated rings. The molecule has 0 aromatic carbocycles. The fourth-order valence-electron chi connectivity index (χ4n) is 14.4. The average Bonchev–Trinajstić information content (AvgIpc) is 3.14. The maximum Gasteiger partial charge on any atom is 0.310 e. The number of fused-ring (bicyclic) bond motifs is 7. The molecule has 0 spiro atoms. The van der Waals surface area contributed by atoms with Crippen molar-refractivity contribution in [1.29, 1.82) is 0 Å². The topological polar surface area (TPSA) is 236 Å². The molecule has 320 valence electrons. The highest BCUT2D eigenvalue weighted by Crippen LogP contribution is 2.77. The second-order valence-corrected chi connectivity index (χ2v) is 20.3. The normalized spacial score (nSPS) is 55.5. The van der Waals surface area contributed by atoms with Crippen LogP contribution in [-0.4, -0.2) is 139 Å². The first kappa shape index (κ1) is 42.8. The van der Waals surface area contributed by atoms with Crippen LogP contribution < -0.4 is 0 Å². The van der Waals surface area contributed by atoms with Gasteiger partial charge in [-0.3, -0.25) is 4.79 Å². The fourth-order valence-corrected chi connectivity index (χ4v) is 14.4. The van der Waals surface area contributed by atoms with Crippen molar-refractivity contribution in [2.45, 2.75) is 173 Å². The first-order chi connectivity index (χ1) is 26.1. The number of carboxylic acid groups (broad SMARTS) is 1. The molecule has 0 amide bonds. The number of hydrogen-bond acceptors (Lipinski definition) is 13. The molecule has 5 aliphatic carbocycles. The maximum absolute atomic E-state index is 13.1. The fraction of sp³-hybridized carbons (Fsp3) is 0.929. The van der Waals surface area contributed by atoms with Gasteiger partial charge in [-0.05, 0) is 110 Å². The number of aliphatic carboxylic acids is 1. The van der Waals surface area contributed by atoms with E-state index in [4.69, 9.17) is 18.9 Å². The van der Waals surface area contributed by atoms with Crippen molar-refractivity contribution >= 4 is 5.97 Å². The lowest BCUT2D eigenvalue weighted by Gasteiger charge is -2.73. The largest absolute Gasteiger partial charge is 0.481 e. The Morgan fingerprint density at radius 2 is 1.39 bits per heavy atom. The van der Waals surface area contributed by atoms with E-state index in [0.717, 1.165) is 32.1 Å². The Balaban J connectivity index is 1.16. The van der Waals surface area contributed by atoms with E-state index in [-0.39, 0.29) is 45.8 Å². The summed E-state index contributed by atoms with van der Waals surface area (Å²) in [6.45, 7) is 14.4. The van der Waals surface area contributed by atoms with Crippen molar-refractivity contribution in [3.63, 3.8) is 0 Å². The summed E-state index contributed by atoms with van der Waals surface area (Å²) in [7, 11) is 0. The van der Waals surface area contributed by atoms with Gasteiger partial charge in [0.25, 0.3) is 0 Å². The molecule has 2 heterocycles. The van der Waals surface area contributed by atoms with Crippen molar-refractivity contribution in [2.75, 3.05) is 13.2 Å². The Morgan fingerprint density at radius 1 is 0.768 bits per heavy atom. The van der Waals surface area contributed by atoms with Gasteiger partial charge in [-0.15, -0.1) is 0 Å². The number of hydrogen-bond donors (Lipinski definition) is 9. The lowest BCUT2D eigenvalue weighted by atomic mass is 9.31. The smallest absolute Gasteiger partial charge is 0.310 e. The quantitative estimate of drug-likeness (QED) is 0.132. The van der Waals surface area contributed by atoms with Gasteiger partial charge in [0.2, 0.25) is 0 Å². The zero-order chi connectivity index (χ0) is 41.1. The van der Waals surface area contributed by atoms with E-state index in [1.54, 1.807) is 0 Å². The Kier molecular flexibility index (Phi) is 11.3. The van der Waals surface area contributed by atoms with E-state index in [1.807, 2.05) is 0 Å². The molecule has 2 aliphatic heterocycles. The van der Waals surface area contributed by atoms with Crippen molar-refractivity contribution in [3.05, 3.63) is 11.6 Å². The number of aliphatic hydroxyl groups excluding tert-OH is 8. The predicted molar refractivity (Wildman–Crippen MR) is 199 cm³/mol. The minimum atomic E-state index is -1.80. The minimum absolute atomic E-state index is 0.0588. The van der Waals surface area contributed by atoms with Crippen molar-refractivity contribution in [2.24, 2.45) is 56.7 Å². The van der Waals surface area contributed by atoms with Crippen molar-refractivity contribution < 1.29 is 69.7 Å². The van der Waals surface area contributed by atoms with Crippen LogP contribution >= 0.6 is 0 Å². The van der Waals surface area contributed by atoms with Crippen LogP contribution in [-0.2, 0) is 23.7 Å². The van der Waals surface area contributed by atoms with Crippen LogP contribution in [0.2, 0.25) is 0 Å². The summed E-state index contributed by atoms with van der Waals surface area (Å²) in [6, 6.07) is 0. The van der Waals surface area contributed by atoms with Gasteiger partial charge in [0.05, 0.1) is 30.8 Å². The van der Waals surface area contributed by atoms with Crippen LogP contribution in [0.5, 0.6) is 0 Å². The average molecular weight is 797 g/mol. The molecule has 0 unspecified atom stereocenters. The maximum atomic E-state index is 13.1. The van der Waals surface area contributed by atoms with Crippen LogP contribution in [0.3, 0.4) is 0 Å². The van der Waals surface area contributed by atoms with Gasteiger partial charge in [0, 0.05) is 0 Å². The molecule has 0 aromatic rings. The number of ether oxygens (including phenoxy) is 4. The van der Waals surface area contributed by atoms with Gasteiger partial charge < -0.3 is 64.9 Å². The van der Waals surface area contributed by atoms with Gasteiger partial charge in [0.1, 0.15) is 48.8 Å². The third-order valence-electron chi connectivity index (χ3n) is 17.7. The molecule has 9 N–H and O–H groups in total. The number of allylic oxidation sites excluding steroid dienone is 2. The summed E-state index contributed by atoms with van der Waals surface area (Å²) >= 11 is 0. The second kappa shape index (κ2) is 14.7. The molecular formula is C42H68O14. The van der Waals surface area contributed by atoms with E-state index in [0.29, 0.717) is 19.3 Å². The molecule has 4 saturated carbocycles.